The van der Waals surface area contributed by atoms with Gasteiger partial charge in [-0.2, -0.15) is 0 Å². The Kier molecular flexibility index (Phi) is 4.14. The van der Waals surface area contributed by atoms with Gasteiger partial charge < -0.3 is 10.6 Å². The Morgan fingerprint density at radius 2 is 2.33 bits per heavy atom. The third-order valence-corrected chi connectivity index (χ3v) is 3.87. The van der Waals surface area contributed by atoms with Gasteiger partial charge in [0.1, 0.15) is 0 Å². The minimum absolute atomic E-state index is 0.489. The summed E-state index contributed by atoms with van der Waals surface area (Å²) < 4.78 is 0. The number of likely N-dealkylation sites (N-methyl/N-ethyl adjacent to an activating group) is 1. The summed E-state index contributed by atoms with van der Waals surface area (Å²) in [5.74, 6) is 0. The van der Waals surface area contributed by atoms with Crippen molar-refractivity contribution in [2.75, 3.05) is 39.8 Å². The van der Waals surface area contributed by atoms with Gasteiger partial charge in [0.2, 0.25) is 0 Å². The van der Waals surface area contributed by atoms with Crippen LogP contribution in [-0.2, 0) is 0 Å². The first-order chi connectivity index (χ1) is 7.40. The first kappa shape index (κ1) is 11.1. The molecule has 84 valence electrons. The summed E-state index contributed by atoms with van der Waals surface area (Å²) in [4.78, 5) is 3.97. The van der Waals surface area contributed by atoms with E-state index in [0.717, 1.165) is 19.6 Å². The fourth-order valence-corrected chi connectivity index (χ4v) is 2.79. The van der Waals surface area contributed by atoms with Crippen LogP contribution in [0.1, 0.15) is 10.9 Å². The molecule has 1 saturated heterocycles. The van der Waals surface area contributed by atoms with Crippen LogP contribution in [0.25, 0.3) is 0 Å². The van der Waals surface area contributed by atoms with Gasteiger partial charge in [0, 0.05) is 37.6 Å². The number of piperazine rings is 1. The highest BCUT2D eigenvalue weighted by atomic mass is 32.1. The van der Waals surface area contributed by atoms with Crippen molar-refractivity contribution >= 4 is 11.3 Å². The molecule has 1 unspecified atom stereocenters. The van der Waals surface area contributed by atoms with E-state index in [9.17, 15) is 0 Å². The maximum absolute atomic E-state index is 3.40. The van der Waals surface area contributed by atoms with Crippen LogP contribution < -0.4 is 10.6 Å². The van der Waals surface area contributed by atoms with Crippen molar-refractivity contribution in [2.45, 2.75) is 6.04 Å². The lowest BCUT2D eigenvalue weighted by Gasteiger charge is -2.30. The first-order valence-corrected chi connectivity index (χ1v) is 6.42. The van der Waals surface area contributed by atoms with Crippen LogP contribution >= 0.6 is 11.3 Å². The molecular formula is C11H19N3S. The molecular weight excluding hydrogens is 206 g/mol. The van der Waals surface area contributed by atoms with Gasteiger partial charge in [-0.3, -0.25) is 4.90 Å². The average Bonchev–Trinajstić information content (AvgIpc) is 2.81. The Bertz CT molecular complexity index is 267. The minimum atomic E-state index is 0.489. The smallest absolute Gasteiger partial charge is 0.0541 e. The summed E-state index contributed by atoms with van der Waals surface area (Å²) in [6.45, 7) is 5.72. The number of nitrogens with zero attached hydrogens (tertiary/aromatic N) is 1. The number of hydrogen-bond donors (Lipinski definition) is 2. The van der Waals surface area contributed by atoms with Crippen LogP contribution in [0.2, 0.25) is 0 Å². The molecule has 0 amide bonds. The molecule has 1 aromatic rings. The molecule has 3 nitrogen and oxygen atoms in total. The fraction of sp³-hybridized carbons (Fsp3) is 0.636. The molecule has 0 aromatic carbocycles. The Morgan fingerprint density at radius 1 is 1.53 bits per heavy atom. The number of nitrogens with one attached hydrogen (secondary N) is 2. The van der Waals surface area contributed by atoms with Crippen LogP contribution in [-0.4, -0.2) is 44.7 Å². The summed E-state index contributed by atoms with van der Waals surface area (Å²) in [6.07, 6.45) is 0. The second kappa shape index (κ2) is 5.61. The van der Waals surface area contributed by atoms with Gasteiger partial charge in [-0.05, 0) is 18.5 Å². The molecule has 4 heteroatoms. The van der Waals surface area contributed by atoms with E-state index in [1.165, 1.54) is 18.0 Å². The highest BCUT2D eigenvalue weighted by Crippen LogP contribution is 2.19. The molecule has 1 aliphatic heterocycles. The molecule has 1 fully saturated rings. The molecule has 0 aliphatic carbocycles. The van der Waals surface area contributed by atoms with E-state index >= 15 is 0 Å². The van der Waals surface area contributed by atoms with E-state index < -0.39 is 0 Å². The standard InChI is InChI=1S/C11H19N3S/c1-12-10(11-3-2-8-15-11)9-14-6-4-13-5-7-14/h2-3,8,10,12-13H,4-7,9H2,1H3. The number of rotatable bonds is 4. The summed E-state index contributed by atoms with van der Waals surface area (Å²) >= 11 is 1.84. The summed E-state index contributed by atoms with van der Waals surface area (Å²) in [5.41, 5.74) is 0. The topological polar surface area (TPSA) is 27.3 Å². The molecule has 2 heterocycles. The largest absolute Gasteiger partial charge is 0.314 e. The van der Waals surface area contributed by atoms with E-state index in [0.29, 0.717) is 6.04 Å². The fourth-order valence-electron chi connectivity index (χ4n) is 1.96. The normalized spacial score (nSPS) is 20.3. The van der Waals surface area contributed by atoms with Gasteiger partial charge in [0.15, 0.2) is 0 Å². The van der Waals surface area contributed by atoms with Gasteiger partial charge >= 0.3 is 0 Å². The van der Waals surface area contributed by atoms with Crippen molar-refractivity contribution in [2.24, 2.45) is 0 Å². The monoisotopic (exact) mass is 225 g/mol. The van der Waals surface area contributed by atoms with Crippen LogP contribution in [0, 0.1) is 0 Å². The zero-order valence-electron chi connectivity index (χ0n) is 9.20. The van der Waals surface area contributed by atoms with E-state index in [1.54, 1.807) is 0 Å². The van der Waals surface area contributed by atoms with E-state index in [-0.39, 0.29) is 0 Å². The highest BCUT2D eigenvalue weighted by molar-refractivity contribution is 7.10. The van der Waals surface area contributed by atoms with Crippen molar-refractivity contribution in [3.63, 3.8) is 0 Å². The predicted octanol–water partition coefficient (Wildman–Crippen LogP) is 0.914. The summed E-state index contributed by atoms with van der Waals surface area (Å²) in [7, 11) is 2.05. The van der Waals surface area contributed by atoms with Crippen LogP contribution in [0.4, 0.5) is 0 Å². The summed E-state index contributed by atoms with van der Waals surface area (Å²) in [6, 6.07) is 4.83. The molecule has 0 bridgehead atoms. The molecule has 0 spiro atoms. The predicted molar refractivity (Wildman–Crippen MR) is 65.4 cm³/mol. The van der Waals surface area contributed by atoms with E-state index in [1.807, 2.05) is 18.4 Å². The van der Waals surface area contributed by atoms with Crippen LogP contribution in [0.15, 0.2) is 17.5 Å². The van der Waals surface area contributed by atoms with Crippen molar-refractivity contribution < 1.29 is 0 Å². The maximum Gasteiger partial charge on any atom is 0.0541 e. The SMILES string of the molecule is CNC(CN1CCNCC1)c1cccs1. The molecule has 0 radical (unpaired) electrons. The zero-order valence-corrected chi connectivity index (χ0v) is 10.0. The van der Waals surface area contributed by atoms with Gasteiger partial charge in [0.05, 0.1) is 6.04 Å². The van der Waals surface area contributed by atoms with Gasteiger partial charge in [-0.1, -0.05) is 6.07 Å². The highest BCUT2D eigenvalue weighted by Gasteiger charge is 2.16. The van der Waals surface area contributed by atoms with Crippen molar-refractivity contribution in [3.8, 4) is 0 Å². The molecule has 1 aliphatic rings. The third-order valence-electron chi connectivity index (χ3n) is 2.89. The Hall–Kier alpha value is -0.420. The molecule has 2 N–H and O–H groups in total. The zero-order chi connectivity index (χ0) is 10.5. The van der Waals surface area contributed by atoms with Crippen molar-refractivity contribution in [3.05, 3.63) is 22.4 Å². The Labute approximate surface area is 95.5 Å². The average molecular weight is 225 g/mol. The summed E-state index contributed by atoms with van der Waals surface area (Å²) in [5, 5.41) is 8.93. The number of hydrogen-bond acceptors (Lipinski definition) is 4. The lowest BCUT2D eigenvalue weighted by atomic mass is 10.2. The van der Waals surface area contributed by atoms with Crippen LogP contribution in [0.5, 0.6) is 0 Å². The molecule has 0 saturated carbocycles. The molecule has 2 rings (SSSR count). The number of thiophene rings is 1. The Morgan fingerprint density at radius 3 is 2.93 bits per heavy atom. The molecule has 1 atom stereocenters. The van der Waals surface area contributed by atoms with Crippen molar-refractivity contribution in [1.82, 2.24) is 15.5 Å². The van der Waals surface area contributed by atoms with Crippen molar-refractivity contribution in [1.29, 1.82) is 0 Å². The first-order valence-electron chi connectivity index (χ1n) is 5.54. The molecule has 15 heavy (non-hydrogen) atoms. The molecule has 1 aromatic heterocycles. The van der Waals surface area contributed by atoms with Crippen LogP contribution in [0.3, 0.4) is 0 Å². The maximum atomic E-state index is 3.40. The second-order valence-corrected chi connectivity index (χ2v) is 4.89. The van der Waals surface area contributed by atoms with E-state index in [4.69, 9.17) is 0 Å². The van der Waals surface area contributed by atoms with Gasteiger partial charge in [0.25, 0.3) is 0 Å². The lowest BCUT2D eigenvalue weighted by molar-refractivity contribution is 0.220. The van der Waals surface area contributed by atoms with Gasteiger partial charge in [-0.15, -0.1) is 11.3 Å². The van der Waals surface area contributed by atoms with Gasteiger partial charge in [-0.25, -0.2) is 0 Å². The lowest BCUT2D eigenvalue weighted by Crippen LogP contribution is -2.46. The third kappa shape index (κ3) is 3.01. The quantitative estimate of drug-likeness (QED) is 0.798. The van der Waals surface area contributed by atoms with E-state index in [2.05, 4.69) is 33.0 Å². The minimum Gasteiger partial charge on any atom is -0.314 e. The Balaban J connectivity index is 1.90. The second-order valence-electron chi connectivity index (χ2n) is 3.91.